The third-order valence-corrected chi connectivity index (χ3v) is 7.05. The number of aliphatic carboxylic acids is 1. The number of nitrogens with zero attached hydrogens (tertiary/aromatic N) is 2. The summed E-state index contributed by atoms with van der Waals surface area (Å²) in [7, 11) is 0. The summed E-state index contributed by atoms with van der Waals surface area (Å²) >= 11 is 6.27. The van der Waals surface area contributed by atoms with E-state index in [1.54, 1.807) is 0 Å². The number of hydrogen-bond donors (Lipinski definition) is 1. The second kappa shape index (κ2) is 11.8. The van der Waals surface area contributed by atoms with E-state index in [1.165, 1.54) is 5.56 Å². The second-order valence-corrected chi connectivity index (χ2v) is 10.2. The largest absolute Gasteiger partial charge is 0.481 e. The van der Waals surface area contributed by atoms with E-state index >= 15 is 0 Å². The molecule has 0 saturated carbocycles. The molecule has 6 nitrogen and oxygen atoms in total. The van der Waals surface area contributed by atoms with Crippen LogP contribution in [0.1, 0.15) is 46.4 Å². The van der Waals surface area contributed by atoms with Crippen molar-refractivity contribution in [3.05, 3.63) is 99.1 Å². The van der Waals surface area contributed by atoms with Gasteiger partial charge in [0, 0.05) is 24.7 Å². The molecule has 1 unspecified atom stereocenters. The summed E-state index contributed by atoms with van der Waals surface area (Å²) in [5.74, 6) is -0.205. The number of hydrogen-bond acceptors (Lipinski definition) is 5. The molecule has 37 heavy (non-hydrogen) atoms. The van der Waals surface area contributed by atoms with Crippen molar-refractivity contribution in [1.29, 1.82) is 0 Å². The zero-order valence-electron chi connectivity index (χ0n) is 21.7. The lowest BCUT2D eigenvalue weighted by molar-refractivity contribution is -0.147. The molecule has 194 valence electrons. The highest BCUT2D eigenvalue weighted by molar-refractivity contribution is 6.30. The Kier molecular flexibility index (Phi) is 8.52. The second-order valence-electron chi connectivity index (χ2n) is 9.80. The molecule has 1 N–H and O–H groups in total. The molecule has 1 atom stereocenters. The zero-order chi connectivity index (χ0) is 26.5. The fourth-order valence-corrected chi connectivity index (χ4v) is 4.57. The molecule has 0 spiro atoms. The third-order valence-electron chi connectivity index (χ3n) is 6.81. The zero-order valence-corrected chi connectivity index (χ0v) is 22.5. The van der Waals surface area contributed by atoms with Crippen LogP contribution >= 0.6 is 11.6 Å². The third kappa shape index (κ3) is 6.90. The van der Waals surface area contributed by atoms with Crippen molar-refractivity contribution in [2.24, 2.45) is 11.1 Å². The molecule has 0 aromatic heterocycles. The smallest absolute Gasteiger partial charge is 0.309 e. The van der Waals surface area contributed by atoms with Crippen molar-refractivity contribution in [1.82, 2.24) is 4.90 Å². The van der Waals surface area contributed by atoms with Crippen molar-refractivity contribution in [3.63, 3.8) is 0 Å². The summed E-state index contributed by atoms with van der Waals surface area (Å²) in [5, 5.41) is 14.1. The highest BCUT2D eigenvalue weighted by Gasteiger charge is 2.32. The van der Waals surface area contributed by atoms with Gasteiger partial charge in [0.05, 0.1) is 11.6 Å². The van der Waals surface area contributed by atoms with E-state index in [4.69, 9.17) is 26.3 Å². The molecular weight excluding hydrogens is 488 g/mol. The van der Waals surface area contributed by atoms with Crippen molar-refractivity contribution >= 4 is 23.3 Å². The van der Waals surface area contributed by atoms with Crippen molar-refractivity contribution in [2.75, 3.05) is 13.1 Å². The van der Waals surface area contributed by atoms with Gasteiger partial charge in [-0.15, -0.1) is 0 Å². The molecule has 0 amide bonds. The molecule has 1 saturated heterocycles. The van der Waals surface area contributed by atoms with Gasteiger partial charge < -0.3 is 14.7 Å². The molecule has 7 heteroatoms. The lowest BCUT2D eigenvalue weighted by atomic mass is 9.98. The minimum atomic E-state index is -0.715. The lowest BCUT2D eigenvalue weighted by Gasteiger charge is -2.36. The summed E-state index contributed by atoms with van der Waals surface area (Å²) in [6.45, 7) is 10.4. The standard InChI is InChI=1S/C30H33ClN2O4/c1-19-8-11-28(13-20(19)2)37-29(24-6-5-7-27(31)14-24)22(4)32-36-18-25-10-9-23(12-21(25)3)15-33-16-26(17-33)30(34)35/h5-14,26,29H,15-18H2,1-4H3,(H,34,35)/b32-22+. The number of carbonyl (C=O) groups is 1. The SMILES string of the molecule is C/C(=N\OCc1ccc(CN2CC(C(=O)O)C2)cc1C)C(Oc1ccc(C)c(C)c1)c1cccc(Cl)c1. The summed E-state index contributed by atoms with van der Waals surface area (Å²) < 4.78 is 6.36. The van der Waals surface area contributed by atoms with Crippen LogP contribution in [0.15, 0.2) is 65.8 Å². The quantitative estimate of drug-likeness (QED) is 0.244. The number of aryl methyl sites for hydroxylation is 3. The number of ether oxygens (including phenoxy) is 1. The molecular formula is C30H33ClN2O4. The summed E-state index contributed by atoms with van der Waals surface area (Å²) in [4.78, 5) is 18.9. The number of likely N-dealkylation sites (tertiary alicyclic amines) is 1. The monoisotopic (exact) mass is 520 g/mol. The van der Waals surface area contributed by atoms with Crippen LogP contribution in [0.3, 0.4) is 0 Å². The highest BCUT2D eigenvalue weighted by atomic mass is 35.5. The Morgan fingerprint density at radius 2 is 1.84 bits per heavy atom. The first-order valence-corrected chi connectivity index (χ1v) is 12.8. The Labute approximate surface area is 223 Å². The topological polar surface area (TPSA) is 71.4 Å². The maximum Gasteiger partial charge on any atom is 0.309 e. The van der Waals surface area contributed by atoms with Gasteiger partial charge in [-0.05, 0) is 85.3 Å². The van der Waals surface area contributed by atoms with Gasteiger partial charge in [-0.1, -0.05) is 53.2 Å². The van der Waals surface area contributed by atoms with E-state index < -0.39 is 12.1 Å². The molecule has 1 heterocycles. The number of benzene rings is 3. The van der Waals surface area contributed by atoms with Gasteiger partial charge in [-0.3, -0.25) is 9.69 Å². The Bertz CT molecular complexity index is 1300. The average molecular weight is 521 g/mol. The number of halogens is 1. The summed E-state index contributed by atoms with van der Waals surface area (Å²) in [6.07, 6.45) is -0.449. The Balaban J connectivity index is 1.42. The van der Waals surface area contributed by atoms with Crippen LogP contribution in [0.4, 0.5) is 0 Å². The first-order valence-electron chi connectivity index (χ1n) is 12.4. The van der Waals surface area contributed by atoms with Crippen molar-refractivity contribution in [3.8, 4) is 5.75 Å². The van der Waals surface area contributed by atoms with Crippen LogP contribution in [0.25, 0.3) is 0 Å². The molecule has 1 aliphatic rings. The van der Waals surface area contributed by atoms with E-state index in [9.17, 15) is 4.79 Å². The molecule has 3 aromatic rings. The van der Waals surface area contributed by atoms with Crippen LogP contribution in [-0.4, -0.2) is 34.8 Å². The molecule has 1 fully saturated rings. The first kappa shape index (κ1) is 26.7. The average Bonchev–Trinajstić information content (AvgIpc) is 2.82. The van der Waals surface area contributed by atoms with Gasteiger partial charge in [0.2, 0.25) is 0 Å². The van der Waals surface area contributed by atoms with Gasteiger partial charge >= 0.3 is 5.97 Å². The van der Waals surface area contributed by atoms with E-state index in [2.05, 4.69) is 36.0 Å². The summed E-state index contributed by atoms with van der Waals surface area (Å²) in [6, 6.07) is 19.8. The van der Waals surface area contributed by atoms with Crippen molar-refractivity contribution in [2.45, 2.75) is 47.0 Å². The Morgan fingerprint density at radius 1 is 1.05 bits per heavy atom. The Hall–Kier alpha value is -3.35. The van der Waals surface area contributed by atoms with Crippen LogP contribution in [-0.2, 0) is 22.8 Å². The highest BCUT2D eigenvalue weighted by Crippen LogP contribution is 2.27. The minimum absolute atomic E-state index is 0.246. The van der Waals surface area contributed by atoms with Gasteiger partial charge in [0.25, 0.3) is 0 Å². The number of carboxylic acids is 1. The van der Waals surface area contributed by atoms with Gasteiger partial charge in [0.1, 0.15) is 12.4 Å². The first-order chi connectivity index (χ1) is 17.7. The van der Waals surface area contributed by atoms with Gasteiger partial charge in [0.15, 0.2) is 6.10 Å². The molecule has 1 aliphatic heterocycles. The maximum absolute atomic E-state index is 11.0. The van der Waals surface area contributed by atoms with E-state index in [0.717, 1.165) is 40.1 Å². The molecule has 0 aliphatic carbocycles. The lowest BCUT2D eigenvalue weighted by Crippen LogP contribution is -2.49. The fraction of sp³-hybridized carbons (Fsp3) is 0.333. The number of oxime groups is 1. The van der Waals surface area contributed by atoms with Crippen LogP contribution in [0.5, 0.6) is 5.75 Å². The van der Waals surface area contributed by atoms with Crippen molar-refractivity contribution < 1.29 is 19.5 Å². The van der Waals surface area contributed by atoms with E-state index in [0.29, 0.717) is 30.4 Å². The molecule has 4 rings (SSSR count). The fourth-order valence-electron chi connectivity index (χ4n) is 4.37. The van der Waals surface area contributed by atoms with Crippen LogP contribution in [0, 0.1) is 26.7 Å². The predicted octanol–water partition coefficient (Wildman–Crippen LogP) is 6.49. The van der Waals surface area contributed by atoms with Gasteiger partial charge in [-0.25, -0.2) is 0 Å². The number of rotatable bonds is 10. The molecule has 0 radical (unpaired) electrons. The summed E-state index contributed by atoms with van der Waals surface area (Å²) in [5.41, 5.74) is 7.25. The molecule has 3 aromatic carbocycles. The van der Waals surface area contributed by atoms with E-state index in [-0.39, 0.29) is 5.92 Å². The number of carboxylic acid groups (broad SMARTS) is 1. The van der Waals surface area contributed by atoms with Crippen LogP contribution < -0.4 is 4.74 Å². The molecule has 0 bridgehead atoms. The maximum atomic E-state index is 11.0. The van der Waals surface area contributed by atoms with E-state index in [1.807, 2.05) is 62.4 Å². The minimum Gasteiger partial charge on any atom is -0.481 e. The van der Waals surface area contributed by atoms with Gasteiger partial charge in [-0.2, -0.15) is 0 Å². The normalized spacial score (nSPS) is 15.2. The predicted molar refractivity (Wildman–Crippen MR) is 146 cm³/mol. The van der Waals surface area contributed by atoms with Crippen LogP contribution in [0.2, 0.25) is 5.02 Å². The Morgan fingerprint density at radius 3 is 2.51 bits per heavy atom.